The van der Waals surface area contributed by atoms with Crippen molar-refractivity contribution in [3.8, 4) is 0 Å². The number of nitrogens with one attached hydrogen (secondary N) is 4. The summed E-state index contributed by atoms with van der Waals surface area (Å²) in [6.07, 6.45) is 0. The molecule has 3 aromatic carbocycles. The number of carbonyl (C=O) groups excluding carboxylic acids is 4. The Morgan fingerprint density at radius 1 is 0.590 bits per heavy atom. The summed E-state index contributed by atoms with van der Waals surface area (Å²) in [5.74, 6) is -1.53. The summed E-state index contributed by atoms with van der Waals surface area (Å²) in [5.41, 5.74) is 3.10. The van der Waals surface area contributed by atoms with Crippen LogP contribution in [0.25, 0.3) is 0 Å². The maximum absolute atomic E-state index is 12.9. The molecule has 4 N–H and O–H groups in total. The fourth-order valence-corrected chi connectivity index (χ4v) is 5.39. The smallest absolute Gasteiger partial charge is 0.239 e. The molecule has 0 unspecified atom stereocenters. The molecule has 0 atom stereocenters. The van der Waals surface area contributed by atoms with E-state index in [0.717, 1.165) is 16.7 Å². The van der Waals surface area contributed by atoms with Gasteiger partial charge in [-0.2, -0.15) is 0 Å². The zero-order valence-electron chi connectivity index (χ0n) is 22.1. The third kappa shape index (κ3) is 8.71. The minimum atomic E-state index is -0.649. The number of benzene rings is 3. The first kappa shape index (κ1) is 29.4. The number of carbonyl (C=O) groups is 4. The van der Waals surface area contributed by atoms with Crippen LogP contribution in [0.3, 0.4) is 0 Å². The highest BCUT2D eigenvalue weighted by atomic mass is 32.2. The molecule has 0 spiro atoms. The molecule has 0 fully saturated rings. The Balaban J connectivity index is 1.61. The Hall–Kier alpha value is -4.11. The van der Waals surface area contributed by atoms with Crippen LogP contribution < -0.4 is 21.3 Å². The first-order chi connectivity index (χ1) is 18.8. The third-order valence-electron chi connectivity index (χ3n) is 5.75. The lowest BCUT2D eigenvalue weighted by molar-refractivity contribution is -0.128. The molecule has 8 nitrogen and oxygen atoms in total. The van der Waals surface area contributed by atoms with Gasteiger partial charge >= 0.3 is 0 Å². The summed E-state index contributed by atoms with van der Waals surface area (Å²) >= 11 is 1.47. The lowest BCUT2D eigenvalue weighted by Crippen LogP contribution is -2.45. The predicted molar refractivity (Wildman–Crippen MR) is 154 cm³/mol. The van der Waals surface area contributed by atoms with E-state index in [9.17, 15) is 19.2 Å². The molecule has 0 aliphatic rings. The van der Waals surface area contributed by atoms with E-state index in [4.69, 9.17) is 0 Å². The summed E-state index contributed by atoms with van der Waals surface area (Å²) in [5, 5.41) is 10.2. The van der Waals surface area contributed by atoms with Crippen molar-refractivity contribution in [3.05, 3.63) is 108 Å². The third-order valence-corrected chi connectivity index (χ3v) is 7.30. The van der Waals surface area contributed by atoms with Crippen LogP contribution in [0, 0.1) is 0 Å². The van der Waals surface area contributed by atoms with E-state index in [1.165, 1.54) is 11.8 Å². The Kier molecular flexibility index (Phi) is 11.1. The monoisotopic (exact) mass is 546 g/mol. The average Bonchev–Trinajstić information content (AvgIpc) is 2.95. The maximum atomic E-state index is 12.9. The second-order valence-electron chi connectivity index (χ2n) is 9.12. The van der Waals surface area contributed by atoms with E-state index in [0.29, 0.717) is 0 Å². The molecule has 0 aliphatic carbocycles. The molecule has 4 amide bonds. The molecule has 0 saturated heterocycles. The van der Waals surface area contributed by atoms with Crippen LogP contribution in [-0.2, 0) is 23.9 Å². The van der Waals surface area contributed by atoms with Crippen molar-refractivity contribution >= 4 is 35.4 Å². The molecule has 3 rings (SSSR count). The van der Waals surface area contributed by atoms with Crippen molar-refractivity contribution in [2.24, 2.45) is 0 Å². The number of amides is 4. The molecule has 0 bridgehead atoms. The van der Waals surface area contributed by atoms with Gasteiger partial charge in [-0.05, 0) is 30.5 Å². The van der Waals surface area contributed by atoms with Gasteiger partial charge in [0.1, 0.15) is 0 Å². The van der Waals surface area contributed by atoms with Gasteiger partial charge in [0, 0.05) is 6.04 Å². The van der Waals surface area contributed by atoms with Crippen LogP contribution >= 0.6 is 11.8 Å². The van der Waals surface area contributed by atoms with Crippen molar-refractivity contribution in [1.82, 2.24) is 21.3 Å². The second-order valence-corrected chi connectivity index (χ2v) is 10.3. The van der Waals surface area contributed by atoms with E-state index >= 15 is 0 Å². The molecule has 9 heteroatoms. The molecule has 204 valence electrons. The Morgan fingerprint density at radius 2 is 0.949 bits per heavy atom. The van der Waals surface area contributed by atoms with E-state index < -0.39 is 16.6 Å². The van der Waals surface area contributed by atoms with Crippen molar-refractivity contribution in [3.63, 3.8) is 0 Å². The Morgan fingerprint density at radius 3 is 1.33 bits per heavy atom. The van der Waals surface area contributed by atoms with Gasteiger partial charge in [0.25, 0.3) is 0 Å². The lowest BCUT2D eigenvalue weighted by Gasteiger charge is -2.35. The van der Waals surface area contributed by atoms with Gasteiger partial charge in [-0.25, -0.2) is 0 Å². The Labute approximate surface area is 233 Å². The minimum Gasteiger partial charge on any atom is -0.352 e. The van der Waals surface area contributed by atoms with Gasteiger partial charge in [0.05, 0.1) is 30.1 Å². The van der Waals surface area contributed by atoms with Crippen LogP contribution in [0.5, 0.6) is 0 Å². The van der Waals surface area contributed by atoms with Crippen LogP contribution in [0.1, 0.15) is 30.5 Å². The second kappa shape index (κ2) is 14.7. The van der Waals surface area contributed by atoms with Crippen molar-refractivity contribution < 1.29 is 19.2 Å². The fraction of sp³-hybridized carbons (Fsp3) is 0.267. The van der Waals surface area contributed by atoms with E-state index in [2.05, 4.69) is 57.7 Å². The number of hydrogen-bond acceptors (Lipinski definition) is 5. The summed E-state index contributed by atoms with van der Waals surface area (Å²) < 4.78 is -0.649. The van der Waals surface area contributed by atoms with E-state index in [1.807, 2.05) is 68.4 Å². The Bertz CT molecular complexity index is 1140. The van der Waals surface area contributed by atoms with Gasteiger partial charge in [-0.15, -0.1) is 11.8 Å². The van der Waals surface area contributed by atoms with Crippen LogP contribution in [0.4, 0.5) is 0 Å². The maximum Gasteiger partial charge on any atom is 0.239 e. The molecule has 0 radical (unpaired) electrons. The summed E-state index contributed by atoms with van der Waals surface area (Å²) in [7, 11) is 0. The summed E-state index contributed by atoms with van der Waals surface area (Å²) in [4.78, 5) is 48.6. The minimum absolute atomic E-state index is 0.0332. The van der Waals surface area contributed by atoms with Crippen molar-refractivity contribution in [2.45, 2.75) is 24.6 Å². The highest BCUT2D eigenvalue weighted by molar-refractivity contribution is 8.01. The highest BCUT2D eigenvalue weighted by Crippen LogP contribution is 2.48. The zero-order valence-corrected chi connectivity index (χ0v) is 22.9. The molecule has 0 aliphatic heterocycles. The van der Waals surface area contributed by atoms with Crippen LogP contribution in [0.15, 0.2) is 91.0 Å². The normalized spacial score (nSPS) is 10.9. The molecule has 3 aromatic rings. The fourth-order valence-electron chi connectivity index (χ4n) is 4.03. The van der Waals surface area contributed by atoms with Crippen LogP contribution in [-0.4, -0.2) is 55.1 Å². The highest BCUT2D eigenvalue weighted by Gasteiger charge is 2.37. The van der Waals surface area contributed by atoms with Gasteiger partial charge in [-0.1, -0.05) is 91.0 Å². The quantitative estimate of drug-likeness (QED) is 0.246. The molecular weight excluding hydrogens is 512 g/mol. The van der Waals surface area contributed by atoms with E-state index in [-0.39, 0.29) is 43.2 Å². The zero-order chi connectivity index (χ0) is 28.1. The molecule has 0 heterocycles. The number of thioether (sulfide) groups is 1. The van der Waals surface area contributed by atoms with Crippen molar-refractivity contribution in [2.75, 3.05) is 25.4 Å². The topological polar surface area (TPSA) is 116 Å². The molecular formula is C30H34N4O4S. The predicted octanol–water partition coefficient (Wildman–Crippen LogP) is 2.58. The summed E-state index contributed by atoms with van der Waals surface area (Å²) in [6, 6.07) is 30.0. The summed E-state index contributed by atoms with van der Waals surface area (Å²) in [6.45, 7) is 2.90. The van der Waals surface area contributed by atoms with Gasteiger partial charge in [0.2, 0.25) is 23.6 Å². The largest absolute Gasteiger partial charge is 0.352 e. The van der Waals surface area contributed by atoms with E-state index in [1.54, 1.807) is 0 Å². The van der Waals surface area contributed by atoms with Gasteiger partial charge in [-0.3, -0.25) is 19.2 Å². The number of hydrogen-bond donors (Lipinski definition) is 4. The first-order valence-corrected chi connectivity index (χ1v) is 13.7. The first-order valence-electron chi connectivity index (χ1n) is 12.7. The molecule has 39 heavy (non-hydrogen) atoms. The van der Waals surface area contributed by atoms with Crippen molar-refractivity contribution in [1.29, 1.82) is 0 Å². The molecule has 0 saturated carbocycles. The SMILES string of the molecule is CC(C)NC(=O)CNC(=O)CNC(=O)CNC(=O)CSC(c1ccccc1)(c1ccccc1)c1ccccc1. The standard InChI is InChI=1S/C30H34N4O4S/c1-22(2)34-28(37)20-32-26(35)18-31-27(36)19-33-29(38)21-39-30(23-12-6-3-7-13-23,24-14-8-4-9-15-24)25-16-10-5-11-17-25/h3-17,22H,18-21H2,1-2H3,(H,31,36)(H,32,35)(H,33,38)(H,34,37). The van der Waals surface area contributed by atoms with Crippen LogP contribution in [0.2, 0.25) is 0 Å². The number of rotatable bonds is 13. The van der Waals surface area contributed by atoms with Gasteiger partial charge < -0.3 is 21.3 Å². The average molecular weight is 547 g/mol. The molecule has 0 aromatic heterocycles. The lowest BCUT2D eigenvalue weighted by atomic mass is 9.84. The van der Waals surface area contributed by atoms with Gasteiger partial charge in [0.15, 0.2) is 0 Å².